The highest BCUT2D eigenvalue weighted by Gasteiger charge is 2.22. The molecule has 16 heavy (non-hydrogen) atoms. The van der Waals surface area contributed by atoms with Crippen molar-refractivity contribution in [1.29, 1.82) is 0 Å². The standard InChI is InChI=1S/C12H17FN2O/c13-10-1-3-11(4-2-10)15-7-5-12(9-15)16-8-6-14/h1-4,12H,5-9,14H2/t12-/m0/s1. The van der Waals surface area contributed by atoms with Gasteiger partial charge in [0.2, 0.25) is 0 Å². The van der Waals surface area contributed by atoms with Gasteiger partial charge in [0.15, 0.2) is 0 Å². The summed E-state index contributed by atoms with van der Waals surface area (Å²) in [5.74, 6) is -0.195. The van der Waals surface area contributed by atoms with Crippen LogP contribution in [0.3, 0.4) is 0 Å². The van der Waals surface area contributed by atoms with Gasteiger partial charge in [0, 0.05) is 25.3 Å². The van der Waals surface area contributed by atoms with E-state index in [0.29, 0.717) is 13.2 Å². The Hall–Kier alpha value is -1.13. The number of halogens is 1. The maximum Gasteiger partial charge on any atom is 0.123 e. The third-order valence-corrected chi connectivity index (χ3v) is 2.81. The molecule has 1 fully saturated rings. The number of ether oxygens (including phenoxy) is 1. The molecule has 88 valence electrons. The molecule has 4 heteroatoms. The molecule has 2 rings (SSSR count). The molecule has 0 radical (unpaired) electrons. The lowest BCUT2D eigenvalue weighted by atomic mass is 10.3. The van der Waals surface area contributed by atoms with Gasteiger partial charge in [-0.15, -0.1) is 0 Å². The van der Waals surface area contributed by atoms with Crippen molar-refractivity contribution in [3.8, 4) is 0 Å². The van der Waals surface area contributed by atoms with Gasteiger partial charge in [-0.05, 0) is 30.7 Å². The molecule has 1 aliphatic rings. The topological polar surface area (TPSA) is 38.5 Å². The maximum atomic E-state index is 12.8. The highest BCUT2D eigenvalue weighted by atomic mass is 19.1. The SMILES string of the molecule is NCCO[C@H]1CCN(c2ccc(F)cc2)C1. The second kappa shape index (κ2) is 5.27. The molecule has 0 spiro atoms. The van der Waals surface area contributed by atoms with Crippen LogP contribution in [0.15, 0.2) is 24.3 Å². The maximum absolute atomic E-state index is 12.8. The van der Waals surface area contributed by atoms with Gasteiger partial charge < -0.3 is 15.4 Å². The molecule has 1 heterocycles. The molecular weight excluding hydrogens is 207 g/mol. The van der Waals surface area contributed by atoms with E-state index in [0.717, 1.165) is 25.2 Å². The van der Waals surface area contributed by atoms with Crippen molar-refractivity contribution in [2.45, 2.75) is 12.5 Å². The fraction of sp³-hybridized carbons (Fsp3) is 0.500. The summed E-state index contributed by atoms with van der Waals surface area (Å²) in [6.07, 6.45) is 1.27. The molecule has 0 amide bonds. The summed E-state index contributed by atoms with van der Waals surface area (Å²) in [5.41, 5.74) is 6.44. The number of hydrogen-bond donors (Lipinski definition) is 1. The molecule has 0 bridgehead atoms. The first-order valence-corrected chi connectivity index (χ1v) is 5.62. The summed E-state index contributed by atoms with van der Waals surface area (Å²) in [7, 11) is 0. The van der Waals surface area contributed by atoms with Crippen LogP contribution >= 0.6 is 0 Å². The Labute approximate surface area is 95.0 Å². The van der Waals surface area contributed by atoms with Crippen LogP contribution in [0.2, 0.25) is 0 Å². The molecule has 1 saturated heterocycles. The molecule has 1 aliphatic heterocycles. The lowest BCUT2D eigenvalue weighted by Crippen LogP contribution is -2.24. The lowest BCUT2D eigenvalue weighted by Gasteiger charge is -2.18. The Balaban J connectivity index is 1.90. The van der Waals surface area contributed by atoms with E-state index >= 15 is 0 Å². The van der Waals surface area contributed by atoms with Gasteiger partial charge in [0.1, 0.15) is 5.82 Å². The van der Waals surface area contributed by atoms with E-state index in [2.05, 4.69) is 4.90 Å². The number of nitrogens with two attached hydrogens (primary N) is 1. The number of rotatable bonds is 4. The zero-order valence-corrected chi connectivity index (χ0v) is 9.23. The average Bonchev–Trinajstić information content (AvgIpc) is 2.76. The van der Waals surface area contributed by atoms with Crippen LogP contribution in [0.4, 0.5) is 10.1 Å². The minimum Gasteiger partial charge on any atom is -0.375 e. The van der Waals surface area contributed by atoms with Crippen LogP contribution in [0.25, 0.3) is 0 Å². The van der Waals surface area contributed by atoms with Crippen LogP contribution in [-0.4, -0.2) is 32.3 Å². The van der Waals surface area contributed by atoms with Gasteiger partial charge in [-0.3, -0.25) is 0 Å². The Morgan fingerprint density at radius 2 is 2.12 bits per heavy atom. The Bertz CT molecular complexity index is 328. The van der Waals surface area contributed by atoms with E-state index in [-0.39, 0.29) is 11.9 Å². The molecule has 2 N–H and O–H groups in total. The van der Waals surface area contributed by atoms with Crippen molar-refractivity contribution in [1.82, 2.24) is 0 Å². The Morgan fingerprint density at radius 1 is 1.38 bits per heavy atom. The van der Waals surface area contributed by atoms with Crippen LogP contribution in [0.5, 0.6) is 0 Å². The van der Waals surface area contributed by atoms with Crippen LogP contribution in [0, 0.1) is 5.82 Å². The summed E-state index contributed by atoms with van der Waals surface area (Å²) in [6.45, 7) is 3.00. The summed E-state index contributed by atoms with van der Waals surface area (Å²) in [4.78, 5) is 2.21. The zero-order chi connectivity index (χ0) is 11.4. The molecule has 1 atom stereocenters. The molecule has 3 nitrogen and oxygen atoms in total. The number of nitrogens with zero attached hydrogens (tertiary/aromatic N) is 1. The second-order valence-electron chi connectivity index (χ2n) is 3.99. The predicted octanol–water partition coefficient (Wildman–Crippen LogP) is 1.38. The van der Waals surface area contributed by atoms with Crippen molar-refractivity contribution in [2.24, 2.45) is 5.73 Å². The molecular formula is C12H17FN2O. The summed E-state index contributed by atoms with van der Waals surface area (Å²) >= 11 is 0. The largest absolute Gasteiger partial charge is 0.375 e. The van der Waals surface area contributed by atoms with Gasteiger partial charge in [-0.1, -0.05) is 0 Å². The van der Waals surface area contributed by atoms with Crippen molar-refractivity contribution < 1.29 is 9.13 Å². The first-order valence-electron chi connectivity index (χ1n) is 5.62. The summed E-state index contributed by atoms with van der Waals surface area (Å²) in [6, 6.07) is 6.59. The van der Waals surface area contributed by atoms with Crippen LogP contribution in [-0.2, 0) is 4.74 Å². The number of anilines is 1. The van der Waals surface area contributed by atoms with E-state index in [1.165, 1.54) is 12.1 Å². The molecule has 0 unspecified atom stereocenters. The minimum absolute atomic E-state index is 0.195. The smallest absolute Gasteiger partial charge is 0.123 e. The van der Waals surface area contributed by atoms with E-state index in [1.807, 2.05) is 0 Å². The van der Waals surface area contributed by atoms with Crippen molar-refractivity contribution >= 4 is 5.69 Å². The second-order valence-corrected chi connectivity index (χ2v) is 3.99. The van der Waals surface area contributed by atoms with Crippen LogP contribution < -0.4 is 10.6 Å². The molecule has 1 aromatic carbocycles. The normalized spacial score (nSPS) is 20.4. The molecule has 0 aliphatic carbocycles. The van der Waals surface area contributed by atoms with Gasteiger partial charge in [-0.25, -0.2) is 4.39 Å². The van der Waals surface area contributed by atoms with E-state index in [4.69, 9.17) is 10.5 Å². The Kier molecular flexibility index (Phi) is 3.74. The first-order chi connectivity index (χ1) is 7.79. The quantitative estimate of drug-likeness (QED) is 0.839. The fourth-order valence-electron chi connectivity index (χ4n) is 1.99. The predicted molar refractivity (Wildman–Crippen MR) is 62.0 cm³/mol. The third kappa shape index (κ3) is 2.71. The fourth-order valence-corrected chi connectivity index (χ4v) is 1.99. The van der Waals surface area contributed by atoms with Crippen molar-refractivity contribution in [3.05, 3.63) is 30.1 Å². The van der Waals surface area contributed by atoms with Crippen molar-refractivity contribution in [2.75, 3.05) is 31.1 Å². The van der Waals surface area contributed by atoms with Crippen molar-refractivity contribution in [3.63, 3.8) is 0 Å². The minimum atomic E-state index is -0.195. The van der Waals surface area contributed by atoms with E-state index in [9.17, 15) is 4.39 Å². The zero-order valence-electron chi connectivity index (χ0n) is 9.23. The first kappa shape index (κ1) is 11.4. The highest BCUT2D eigenvalue weighted by Crippen LogP contribution is 2.21. The lowest BCUT2D eigenvalue weighted by molar-refractivity contribution is 0.0742. The van der Waals surface area contributed by atoms with E-state index in [1.54, 1.807) is 12.1 Å². The van der Waals surface area contributed by atoms with E-state index < -0.39 is 0 Å². The van der Waals surface area contributed by atoms with Gasteiger partial charge in [0.05, 0.1) is 12.7 Å². The van der Waals surface area contributed by atoms with Crippen LogP contribution in [0.1, 0.15) is 6.42 Å². The molecule has 0 aromatic heterocycles. The Morgan fingerprint density at radius 3 is 2.81 bits per heavy atom. The number of hydrogen-bond acceptors (Lipinski definition) is 3. The van der Waals surface area contributed by atoms with Gasteiger partial charge in [-0.2, -0.15) is 0 Å². The summed E-state index contributed by atoms with van der Waals surface area (Å²) in [5, 5.41) is 0. The highest BCUT2D eigenvalue weighted by molar-refractivity contribution is 5.47. The molecule has 0 saturated carbocycles. The monoisotopic (exact) mass is 224 g/mol. The van der Waals surface area contributed by atoms with Gasteiger partial charge in [0.25, 0.3) is 0 Å². The third-order valence-electron chi connectivity index (χ3n) is 2.81. The van der Waals surface area contributed by atoms with Gasteiger partial charge >= 0.3 is 0 Å². The molecule has 1 aromatic rings. The average molecular weight is 224 g/mol. The summed E-state index contributed by atoms with van der Waals surface area (Å²) < 4.78 is 18.3. The number of benzene rings is 1.